The second kappa shape index (κ2) is 13.9. The zero-order chi connectivity index (χ0) is 25.2. The van der Waals surface area contributed by atoms with Crippen molar-refractivity contribution in [2.75, 3.05) is 0 Å². The summed E-state index contributed by atoms with van der Waals surface area (Å²) >= 11 is 0. The number of nitrogens with zero attached hydrogens (tertiary/aromatic N) is 2. The predicted octanol–water partition coefficient (Wildman–Crippen LogP) is 8.90. The Kier molecular flexibility index (Phi) is 10.4. The third kappa shape index (κ3) is 7.63. The molecule has 0 N–H and O–H groups in total. The monoisotopic (exact) mass is 490 g/mol. The number of unbranched alkanes of at least 4 members (excludes halogenated alkanes) is 4. The van der Waals surface area contributed by atoms with Gasteiger partial charge in [-0.2, -0.15) is 0 Å². The van der Waals surface area contributed by atoms with E-state index in [4.69, 9.17) is 4.74 Å². The lowest BCUT2D eigenvalue weighted by Crippen LogP contribution is -2.25. The van der Waals surface area contributed by atoms with E-state index >= 15 is 0 Å². The topological polar surface area (TPSA) is 52.1 Å². The fraction of sp³-hybridized carbons (Fsp3) is 0.656. The fourth-order valence-corrected chi connectivity index (χ4v) is 6.20. The number of carbonyl (C=O) groups excluding carboxylic acids is 1. The second-order valence-corrected chi connectivity index (χ2v) is 11.3. The molecule has 0 unspecified atom stereocenters. The molecule has 2 aliphatic rings. The van der Waals surface area contributed by atoms with Crippen LogP contribution in [0.15, 0.2) is 36.7 Å². The molecule has 4 nitrogen and oxygen atoms in total. The van der Waals surface area contributed by atoms with Gasteiger partial charge in [0.2, 0.25) is 0 Å². The molecule has 196 valence electrons. The summed E-state index contributed by atoms with van der Waals surface area (Å²) in [5.74, 6) is 3.62. The Labute approximate surface area is 218 Å². The molecule has 1 heterocycles. The summed E-state index contributed by atoms with van der Waals surface area (Å²) in [6, 6.07) is 7.66. The summed E-state index contributed by atoms with van der Waals surface area (Å²) < 4.78 is 5.74. The van der Waals surface area contributed by atoms with E-state index < -0.39 is 0 Å². The van der Waals surface area contributed by atoms with Gasteiger partial charge < -0.3 is 4.74 Å². The summed E-state index contributed by atoms with van der Waals surface area (Å²) in [4.78, 5) is 22.0. The number of benzene rings is 1. The van der Waals surface area contributed by atoms with Crippen molar-refractivity contribution < 1.29 is 9.53 Å². The van der Waals surface area contributed by atoms with Gasteiger partial charge in [0, 0.05) is 18.0 Å². The molecule has 0 saturated heterocycles. The van der Waals surface area contributed by atoms with Gasteiger partial charge in [-0.15, -0.1) is 0 Å². The molecular formula is C32H46N2O2. The van der Waals surface area contributed by atoms with Gasteiger partial charge in [-0.3, -0.25) is 4.79 Å². The average Bonchev–Trinajstić information content (AvgIpc) is 2.94. The van der Waals surface area contributed by atoms with Crippen molar-refractivity contribution in [1.82, 2.24) is 9.97 Å². The van der Waals surface area contributed by atoms with Crippen molar-refractivity contribution in [2.24, 2.45) is 17.8 Å². The number of rotatable bonds is 11. The number of hydrogen-bond donors (Lipinski definition) is 0. The normalized spacial score (nSPS) is 24.4. The zero-order valence-corrected chi connectivity index (χ0v) is 22.6. The van der Waals surface area contributed by atoms with Crippen LogP contribution >= 0.6 is 0 Å². The van der Waals surface area contributed by atoms with Crippen molar-refractivity contribution in [2.45, 2.75) is 116 Å². The van der Waals surface area contributed by atoms with Crippen LogP contribution in [0.2, 0.25) is 0 Å². The summed E-state index contributed by atoms with van der Waals surface area (Å²) in [7, 11) is 0. The first-order chi connectivity index (χ1) is 17.7. The van der Waals surface area contributed by atoms with Crippen molar-refractivity contribution in [3.05, 3.63) is 42.2 Å². The van der Waals surface area contributed by atoms with Gasteiger partial charge in [0.25, 0.3) is 0 Å². The number of hydrogen-bond acceptors (Lipinski definition) is 4. The van der Waals surface area contributed by atoms with Crippen molar-refractivity contribution in [3.63, 3.8) is 0 Å². The van der Waals surface area contributed by atoms with Crippen LogP contribution in [0.1, 0.15) is 122 Å². The SMILES string of the molecule is CCCCCCC[C@H]1CC[C@H](C(=O)Oc2ccc(-c3ncc([C@H]4CC[C@H](CC)CC4)cn3)cc2)CC1. The molecule has 2 fully saturated rings. The van der Waals surface area contributed by atoms with Crippen LogP contribution in [0.3, 0.4) is 0 Å². The Morgan fingerprint density at radius 2 is 1.44 bits per heavy atom. The molecule has 36 heavy (non-hydrogen) atoms. The van der Waals surface area contributed by atoms with E-state index in [-0.39, 0.29) is 11.9 Å². The highest BCUT2D eigenvalue weighted by Gasteiger charge is 2.27. The number of carbonyl (C=O) groups is 1. The lowest BCUT2D eigenvalue weighted by molar-refractivity contribution is -0.140. The van der Waals surface area contributed by atoms with E-state index in [1.54, 1.807) is 0 Å². The highest BCUT2D eigenvalue weighted by Crippen LogP contribution is 2.37. The Balaban J connectivity index is 1.21. The van der Waals surface area contributed by atoms with E-state index in [0.29, 0.717) is 11.7 Å². The van der Waals surface area contributed by atoms with Crippen LogP contribution < -0.4 is 4.74 Å². The Bertz CT molecular complexity index is 908. The third-order valence-electron chi connectivity index (χ3n) is 8.79. The summed E-state index contributed by atoms with van der Waals surface area (Å²) in [6.07, 6.45) is 22.8. The molecule has 0 spiro atoms. The van der Waals surface area contributed by atoms with Crippen LogP contribution in [0.25, 0.3) is 11.4 Å². The molecule has 0 amide bonds. The van der Waals surface area contributed by atoms with Crippen LogP contribution in [-0.2, 0) is 4.79 Å². The lowest BCUT2D eigenvalue weighted by atomic mass is 9.78. The number of ether oxygens (including phenoxy) is 1. The van der Waals surface area contributed by atoms with Gasteiger partial charge in [0.05, 0.1) is 5.92 Å². The van der Waals surface area contributed by atoms with Crippen LogP contribution in [0.5, 0.6) is 5.75 Å². The van der Waals surface area contributed by atoms with Gasteiger partial charge in [0.15, 0.2) is 5.82 Å². The molecule has 2 aromatic rings. The van der Waals surface area contributed by atoms with E-state index in [2.05, 4.69) is 23.8 Å². The van der Waals surface area contributed by atoms with E-state index in [0.717, 1.165) is 36.1 Å². The Hall–Kier alpha value is -2.23. The molecule has 4 rings (SSSR count). The van der Waals surface area contributed by atoms with Gasteiger partial charge in [-0.05, 0) is 98.9 Å². The number of aromatic nitrogens is 2. The average molecular weight is 491 g/mol. The van der Waals surface area contributed by atoms with Gasteiger partial charge in [0.1, 0.15) is 5.75 Å². The second-order valence-electron chi connectivity index (χ2n) is 11.3. The molecule has 0 aliphatic heterocycles. The quantitative estimate of drug-likeness (QED) is 0.179. The first-order valence-corrected chi connectivity index (χ1v) is 14.8. The van der Waals surface area contributed by atoms with Crippen LogP contribution in [-0.4, -0.2) is 15.9 Å². The molecule has 4 heteroatoms. The Morgan fingerprint density at radius 3 is 2.08 bits per heavy atom. The first kappa shape index (κ1) is 26.8. The molecule has 2 saturated carbocycles. The maximum atomic E-state index is 12.7. The highest BCUT2D eigenvalue weighted by atomic mass is 16.5. The summed E-state index contributed by atoms with van der Waals surface area (Å²) in [5, 5.41) is 0. The third-order valence-corrected chi connectivity index (χ3v) is 8.79. The Morgan fingerprint density at radius 1 is 0.806 bits per heavy atom. The van der Waals surface area contributed by atoms with E-state index in [1.165, 1.54) is 89.0 Å². The molecule has 0 radical (unpaired) electrons. The maximum Gasteiger partial charge on any atom is 0.314 e. The van der Waals surface area contributed by atoms with Gasteiger partial charge in [-0.1, -0.05) is 58.8 Å². The predicted molar refractivity (Wildman–Crippen MR) is 147 cm³/mol. The lowest BCUT2D eigenvalue weighted by Gasteiger charge is -2.27. The minimum Gasteiger partial charge on any atom is -0.426 e. The maximum absolute atomic E-state index is 12.7. The number of esters is 1. The molecule has 2 aliphatic carbocycles. The molecule has 1 aromatic heterocycles. The van der Waals surface area contributed by atoms with Crippen LogP contribution in [0.4, 0.5) is 0 Å². The van der Waals surface area contributed by atoms with Gasteiger partial charge >= 0.3 is 5.97 Å². The summed E-state index contributed by atoms with van der Waals surface area (Å²) in [5.41, 5.74) is 2.22. The fourth-order valence-electron chi connectivity index (χ4n) is 6.20. The van der Waals surface area contributed by atoms with E-state index in [9.17, 15) is 4.79 Å². The molecule has 0 atom stereocenters. The van der Waals surface area contributed by atoms with Crippen molar-refractivity contribution in [1.29, 1.82) is 0 Å². The molecule has 1 aromatic carbocycles. The zero-order valence-electron chi connectivity index (χ0n) is 22.6. The minimum atomic E-state index is -0.0671. The largest absolute Gasteiger partial charge is 0.426 e. The standard InChI is InChI=1S/C32H46N2O2/c1-3-5-6-7-8-9-25-12-16-28(17-13-25)32(35)36-30-20-18-27(19-21-30)31-33-22-29(23-34-31)26-14-10-24(4-2)11-15-26/h18-26,28H,3-17H2,1-2H3/t24-,25-,26-,28-. The van der Waals surface area contributed by atoms with Gasteiger partial charge in [-0.25, -0.2) is 9.97 Å². The smallest absolute Gasteiger partial charge is 0.314 e. The molecular weight excluding hydrogens is 444 g/mol. The van der Waals surface area contributed by atoms with Crippen LogP contribution in [0, 0.1) is 17.8 Å². The molecule has 0 bridgehead atoms. The minimum absolute atomic E-state index is 0.0456. The first-order valence-electron chi connectivity index (χ1n) is 14.8. The summed E-state index contributed by atoms with van der Waals surface area (Å²) in [6.45, 7) is 4.57. The van der Waals surface area contributed by atoms with Crippen molar-refractivity contribution >= 4 is 5.97 Å². The highest BCUT2D eigenvalue weighted by molar-refractivity contribution is 5.75. The van der Waals surface area contributed by atoms with Crippen molar-refractivity contribution in [3.8, 4) is 17.1 Å². The van der Waals surface area contributed by atoms with E-state index in [1.807, 2.05) is 36.7 Å².